The molecule has 0 aromatic carbocycles. The molecule has 0 aromatic heterocycles. The zero-order valence-electron chi connectivity index (χ0n) is 13.1. The van der Waals surface area contributed by atoms with E-state index in [0.29, 0.717) is 19.3 Å². The van der Waals surface area contributed by atoms with Gasteiger partial charge in [-0.05, 0) is 25.7 Å². The highest BCUT2D eigenvalue weighted by Crippen LogP contribution is 2.19. The number of aliphatic hydroxyl groups is 1. The molecule has 0 aliphatic rings. The molecule has 0 heterocycles. The molecular weight excluding hydrogens is 276 g/mol. The van der Waals surface area contributed by atoms with Crippen molar-refractivity contribution in [1.82, 2.24) is 0 Å². The summed E-state index contributed by atoms with van der Waals surface area (Å²) in [6.07, 6.45) is 8.80. The predicted molar refractivity (Wildman–Crippen MR) is 83.5 cm³/mol. The van der Waals surface area contributed by atoms with Crippen LogP contribution in [0.15, 0.2) is 0 Å². The van der Waals surface area contributed by atoms with Gasteiger partial charge in [0.1, 0.15) is 0 Å². The van der Waals surface area contributed by atoms with Crippen molar-refractivity contribution >= 4 is 10.1 Å². The van der Waals surface area contributed by atoms with Crippen LogP contribution in [-0.4, -0.2) is 29.4 Å². The SMILES string of the molecule is CCCCCCC(CCC(O)CCCCC)S(=O)(=O)O. The van der Waals surface area contributed by atoms with Crippen LogP contribution in [0.2, 0.25) is 0 Å². The zero-order valence-corrected chi connectivity index (χ0v) is 13.9. The maximum atomic E-state index is 11.3. The first-order valence-corrected chi connectivity index (χ1v) is 9.56. The van der Waals surface area contributed by atoms with Gasteiger partial charge >= 0.3 is 0 Å². The first kappa shape index (κ1) is 19.9. The second-order valence-corrected chi connectivity index (χ2v) is 7.41. The van der Waals surface area contributed by atoms with Crippen molar-refractivity contribution in [2.75, 3.05) is 0 Å². The van der Waals surface area contributed by atoms with Crippen molar-refractivity contribution < 1.29 is 18.1 Å². The van der Waals surface area contributed by atoms with Crippen molar-refractivity contribution in [3.63, 3.8) is 0 Å². The lowest BCUT2D eigenvalue weighted by atomic mass is 10.0. The van der Waals surface area contributed by atoms with Gasteiger partial charge in [0.2, 0.25) is 0 Å². The fraction of sp³-hybridized carbons (Fsp3) is 1.00. The largest absolute Gasteiger partial charge is 0.393 e. The van der Waals surface area contributed by atoms with E-state index in [1.807, 2.05) is 0 Å². The smallest absolute Gasteiger partial charge is 0.267 e. The van der Waals surface area contributed by atoms with Gasteiger partial charge in [0, 0.05) is 0 Å². The lowest BCUT2D eigenvalue weighted by Crippen LogP contribution is -2.22. The van der Waals surface area contributed by atoms with Crippen molar-refractivity contribution in [3.05, 3.63) is 0 Å². The van der Waals surface area contributed by atoms with E-state index in [2.05, 4.69) is 13.8 Å². The third kappa shape index (κ3) is 10.6. The summed E-state index contributed by atoms with van der Waals surface area (Å²) >= 11 is 0. The van der Waals surface area contributed by atoms with Crippen molar-refractivity contribution in [2.45, 2.75) is 95.8 Å². The Balaban J connectivity index is 4.04. The molecule has 0 saturated heterocycles. The molecule has 0 radical (unpaired) electrons. The van der Waals surface area contributed by atoms with Crippen LogP contribution in [0, 0.1) is 0 Å². The predicted octanol–water partition coefficient (Wildman–Crippen LogP) is 3.93. The molecule has 0 saturated carbocycles. The van der Waals surface area contributed by atoms with Crippen LogP contribution in [0.25, 0.3) is 0 Å². The van der Waals surface area contributed by atoms with Crippen molar-refractivity contribution in [3.8, 4) is 0 Å². The van der Waals surface area contributed by atoms with Gasteiger partial charge in [-0.3, -0.25) is 4.55 Å². The Bertz CT molecular complexity index is 314. The van der Waals surface area contributed by atoms with Gasteiger partial charge in [0.15, 0.2) is 0 Å². The van der Waals surface area contributed by atoms with Gasteiger partial charge in [-0.1, -0.05) is 58.8 Å². The van der Waals surface area contributed by atoms with Gasteiger partial charge in [-0.2, -0.15) is 8.42 Å². The Morgan fingerprint density at radius 1 is 0.800 bits per heavy atom. The third-order valence-corrected chi connectivity index (χ3v) is 5.08. The molecule has 0 aromatic rings. The van der Waals surface area contributed by atoms with Gasteiger partial charge in [0.05, 0.1) is 11.4 Å². The minimum atomic E-state index is -3.98. The maximum Gasteiger partial charge on any atom is 0.267 e. The molecule has 0 rings (SSSR count). The summed E-state index contributed by atoms with van der Waals surface area (Å²) in [5.41, 5.74) is 0. The quantitative estimate of drug-likeness (QED) is 0.399. The topological polar surface area (TPSA) is 74.6 Å². The van der Waals surface area contributed by atoms with Crippen LogP contribution in [0.4, 0.5) is 0 Å². The second kappa shape index (κ2) is 11.5. The Kier molecular flexibility index (Phi) is 11.4. The molecule has 0 aliphatic carbocycles. The van der Waals surface area contributed by atoms with E-state index in [9.17, 15) is 18.1 Å². The molecule has 122 valence electrons. The molecular formula is C15H32O4S. The molecule has 0 aliphatic heterocycles. The van der Waals surface area contributed by atoms with Crippen LogP contribution in [-0.2, 0) is 10.1 Å². The minimum absolute atomic E-state index is 0.359. The van der Waals surface area contributed by atoms with Crippen molar-refractivity contribution in [1.29, 1.82) is 0 Å². The van der Waals surface area contributed by atoms with Crippen LogP contribution >= 0.6 is 0 Å². The first-order chi connectivity index (χ1) is 9.41. The molecule has 2 N–H and O–H groups in total. The Morgan fingerprint density at radius 2 is 1.35 bits per heavy atom. The summed E-state index contributed by atoms with van der Waals surface area (Å²) in [4.78, 5) is 0. The number of aliphatic hydroxyl groups excluding tert-OH is 1. The molecule has 4 nitrogen and oxygen atoms in total. The van der Waals surface area contributed by atoms with Crippen LogP contribution in [0.5, 0.6) is 0 Å². The van der Waals surface area contributed by atoms with E-state index in [1.165, 1.54) is 0 Å². The number of hydrogen-bond donors (Lipinski definition) is 2. The molecule has 5 heteroatoms. The summed E-state index contributed by atoms with van der Waals surface area (Å²) in [7, 11) is -3.98. The second-order valence-electron chi connectivity index (χ2n) is 5.71. The summed E-state index contributed by atoms with van der Waals surface area (Å²) in [5, 5.41) is 9.12. The van der Waals surface area contributed by atoms with E-state index >= 15 is 0 Å². The Labute approximate surface area is 124 Å². The zero-order chi connectivity index (χ0) is 15.4. The molecule has 2 atom stereocenters. The van der Waals surface area contributed by atoms with E-state index in [4.69, 9.17) is 0 Å². The number of hydrogen-bond acceptors (Lipinski definition) is 3. The van der Waals surface area contributed by atoms with Crippen molar-refractivity contribution in [2.24, 2.45) is 0 Å². The van der Waals surface area contributed by atoms with E-state index < -0.39 is 21.5 Å². The fourth-order valence-electron chi connectivity index (χ4n) is 2.39. The maximum absolute atomic E-state index is 11.3. The lowest BCUT2D eigenvalue weighted by Gasteiger charge is -2.16. The molecule has 0 spiro atoms. The molecule has 0 amide bonds. The monoisotopic (exact) mass is 308 g/mol. The highest BCUT2D eigenvalue weighted by Gasteiger charge is 2.23. The number of unbranched alkanes of at least 4 members (excludes halogenated alkanes) is 5. The Morgan fingerprint density at radius 3 is 1.90 bits per heavy atom. The average molecular weight is 308 g/mol. The lowest BCUT2D eigenvalue weighted by molar-refractivity contribution is 0.147. The molecule has 2 unspecified atom stereocenters. The van der Waals surface area contributed by atoms with E-state index in [1.54, 1.807) is 0 Å². The molecule has 20 heavy (non-hydrogen) atoms. The fourth-order valence-corrected chi connectivity index (χ4v) is 3.29. The standard InChI is InChI=1S/C15H32O4S/c1-3-5-7-9-11-15(20(17,18)19)13-12-14(16)10-8-6-4-2/h14-16H,3-13H2,1-2H3,(H,17,18,19). The van der Waals surface area contributed by atoms with Crippen LogP contribution in [0.1, 0.15) is 84.5 Å². The van der Waals surface area contributed by atoms with Gasteiger partial charge < -0.3 is 5.11 Å². The Hall–Kier alpha value is -0.130. The molecule has 0 bridgehead atoms. The summed E-state index contributed by atoms with van der Waals surface area (Å²) in [6.45, 7) is 4.21. The highest BCUT2D eigenvalue weighted by molar-refractivity contribution is 7.86. The normalized spacial score (nSPS) is 15.2. The summed E-state index contributed by atoms with van der Waals surface area (Å²) < 4.78 is 31.9. The summed E-state index contributed by atoms with van der Waals surface area (Å²) in [5.74, 6) is 0. The minimum Gasteiger partial charge on any atom is -0.393 e. The van der Waals surface area contributed by atoms with Crippen LogP contribution < -0.4 is 0 Å². The highest BCUT2D eigenvalue weighted by atomic mass is 32.2. The van der Waals surface area contributed by atoms with Gasteiger partial charge in [-0.25, -0.2) is 0 Å². The first-order valence-electron chi connectivity index (χ1n) is 8.06. The summed E-state index contributed by atoms with van der Waals surface area (Å²) in [6, 6.07) is 0. The number of rotatable bonds is 13. The average Bonchev–Trinajstić information content (AvgIpc) is 2.36. The van der Waals surface area contributed by atoms with Gasteiger partial charge in [-0.15, -0.1) is 0 Å². The van der Waals surface area contributed by atoms with E-state index in [0.717, 1.165) is 51.4 Å². The van der Waals surface area contributed by atoms with Crippen LogP contribution in [0.3, 0.4) is 0 Å². The molecule has 0 fully saturated rings. The van der Waals surface area contributed by atoms with Gasteiger partial charge in [0.25, 0.3) is 10.1 Å². The van der Waals surface area contributed by atoms with E-state index in [-0.39, 0.29) is 0 Å². The third-order valence-electron chi connectivity index (χ3n) is 3.76.